The number of nitrogens with zero attached hydrogens (tertiary/aromatic N) is 1. The summed E-state index contributed by atoms with van der Waals surface area (Å²) < 4.78 is 6.38. The van der Waals surface area contributed by atoms with Crippen molar-refractivity contribution in [2.45, 2.75) is 25.6 Å². The molecule has 1 aliphatic heterocycles. The third-order valence-corrected chi connectivity index (χ3v) is 4.21. The number of allylic oxidation sites excluding steroid dienone is 1. The zero-order valence-corrected chi connectivity index (χ0v) is 13.9. The van der Waals surface area contributed by atoms with Crippen LogP contribution in [0.2, 0.25) is 0 Å². The zero-order valence-electron chi connectivity index (χ0n) is 11.5. The molecule has 2 rings (SSSR count). The molecule has 5 heteroatoms. The van der Waals surface area contributed by atoms with Gasteiger partial charge in [0.15, 0.2) is 0 Å². The lowest BCUT2D eigenvalue weighted by Gasteiger charge is -2.30. The second-order valence-corrected chi connectivity index (χ2v) is 5.83. The maximum Gasteiger partial charge on any atom is 0.245 e. The van der Waals surface area contributed by atoms with E-state index < -0.39 is 5.38 Å². The van der Waals surface area contributed by atoms with Crippen LogP contribution in [0.1, 0.15) is 25.8 Å². The number of hydrogen-bond donors (Lipinski definition) is 0. The Labute approximate surface area is 132 Å². The van der Waals surface area contributed by atoms with Crippen molar-refractivity contribution in [3.05, 3.63) is 34.3 Å². The molecule has 1 unspecified atom stereocenters. The molecule has 0 N–H and O–H groups in total. The molecule has 0 aliphatic carbocycles. The normalized spacial score (nSPS) is 19.0. The molecule has 0 radical (unpaired) electrons. The van der Waals surface area contributed by atoms with E-state index in [-0.39, 0.29) is 5.91 Å². The lowest BCUT2D eigenvalue weighted by molar-refractivity contribution is -0.127. The first-order chi connectivity index (χ1) is 9.58. The minimum atomic E-state index is -0.458. The maximum absolute atomic E-state index is 12.1. The lowest BCUT2D eigenvalue weighted by Crippen LogP contribution is -2.38. The number of halogens is 2. The highest BCUT2D eigenvalue weighted by molar-refractivity contribution is 9.10. The van der Waals surface area contributed by atoms with Gasteiger partial charge in [-0.05, 0) is 54.4 Å². The Kier molecular flexibility index (Phi) is 5.11. The predicted octanol–water partition coefficient (Wildman–Crippen LogP) is 4.05. The standard InChI is InChI=1S/C15H17BrClNO2/c1-3-18-14(8-7-13(17)15(18)19)11-6-5-10(20-4-2)9-12(11)16/h5-6,8-9,13H,3-4,7H2,1-2H3. The van der Waals surface area contributed by atoms with Crippen LogP contribution in [0.15, 0.2) is 28.7 Å². The van der Waals surface area contributed by atoms with Crippen molar-refractivity contribution in [1.82, 2.24) is 4.90 Å². The van der Waals surface area contributed by atoms with Gasteiger partial charge in [0.05, 0.1) is 6.61 Å². The van der Waals surface area contributed by atoms with Crippen LogP contribution in [0.4, 0.5) is 0 Å². The Morgan fingerprint density at radius 2 is 2.20 bits per heavy atom. The van der Waals surface area contributed by atoms with Gasteiger partial charge in [0.2, 0.25) is 5.91 Å². The van der Waals surface area contributed by atoms with Crippen LogP contribution in [0.25, 0.3) is 5.70 Å². The Morgan fingerprint density at radius 1 is 1.45 bits per heavy atom. The van der Waals surface area contributed by atoms with E-state index in [0.29, 0.717) is 19.6 Å². The largest absolute Gasteiger partial charge is 0.494 e. The van der Waals surface area contributed by atoms with Crippen LogP contribution in [0, 0.1) is 0 Å². The molecule has 108 valence electrons. The van der Waals surface area contributed by atoms with Crippen molar-refractivity contribution in [3.63, 3.8) is 0 Å². The number of amides is 1. The fourth-order valence-electron chi connectivity index (χ4n) is 2.26. The third kappa shape index (κ3) is 3.01. The molecule has 20 heavy (non-hydrogen) atoms. The molecule has 1 aromatic rings. The van der Waals surface area contributed by atoms with Crippen LogP contribution in [-0.4, -0.2) is 29.3 Å². The van der Waals surface area contributed by atoms with Crippen molar-refractivity contribution in [2.75, 3.05) is 13.2 Å². The first-order valence-electron chi connectivity index (χ1n) is 6.66. The van der Waals surface area contributed by atoms with E-state index >= 15 is 0 Å². The third-order valence-electron chi connectivity index (χ3n) is 3.19. The van der Waals surface area contributed by atoms with E-state index in [1.54, 1.807) is 4.90 Å². The fraction of sp³-hybridized carbons (Fsp3) is 0.400. The number of ether oxygens (including phenoxy) is 1. The highest BCUT2D eigenvalue weighted by Gasteiger charge is 2.29. The Bertz CT molecular complexity index is 545. The lowest BCUT2D eigenvalue weighted by atomic mass is 10.0. The molecule has 0 bridgehead atoms. The first kappa shape index (κ1) is 15.4. The molecule has 1 heterocycles. The maximum atomic E-state index is 12.1. The molecule has 0 aromatic heterocycles. The van der Waals surface area contributed by atoms with Crippen LogP contribution >= 0.6 is 27.5 Å². The van der Waals surface area contributed by atoms with Crippen molar-refractivity contribution >= 4 is 39.1 Å². The van der Waals surface area contributed by atoms with Gasteiger partial charge in [0, 0.05) is 22.3 Å². The van der Waals surface area contributed by atoms with Crippen molar-refractivity contribution in [3.8, 4) is 5.75 Å². The quantitative estimate of drug-likeness (QED) is 0.760. The molecule has 1 atom stereocenters. The molecule has 3 nitrogen and oxygen atoms in total. The monoisotopic (exact) mass is 357 g/mol. The summed E-state index contributed by atoms with van der Waals surface area (Å²) in [6.45, 7) is 5.13. The van der Waals surface area contributed by atoms with E-state index in [0.717, 1.165) is 21.5 Å². The number of rotatable bonds is 4. The van der Waals surface area contributed by atoms with E-state index in [2.05, 4.69) is 15.9 Å². The highest BCUT2D eigenvalue weighted by atomic mass is 79.9. The number of alkyl halides is 1. The van der Waals surface area contributed by atoms with Crippen LogP contribution in [0.5, 0.6) is 5.75 Å². The minimum absolute atomic E-state index is 0.0348. The van der Waals surface area contributed by atoms with E-state index in [9.17, 15) is 4.79 Å². The zero-order chi connectivity index (χ0) is 14.7. The molecule has 1 aromatic carbocycles. The van der Waals surface area contributed by atoms with Crippen LogP contribution in [-0.2, 0) is 4.79 Å². The van der Waals surface area contributed by atoms with Gasteiger partial charge in [-0.3, -0.25) is 4.79 Å². The van der Waals surface area contributed by atoms with Gasteiger partial charge in [-0.15, -0.1) is 11.6 Å². The number of carbonyl (C=O) groups excluding carboxylic acids is 1. The smallest absolute Gasteiger partial charge is 0.245 e. The van der Waals surface area contributed by atoms with Crippen molar-refractivity contribution < 1.29 is 9.53 Å². The number of benzene rings is 1. The molecule has 1 amide bonds. The van der Waals surface area contributed by atoms with Crippen LogP contribution in [0.3, 0.4) is 0 Å². The molecule has 0 saturated heterocycles. The summed E-state index contributed by atoms with van der Waals surface area (Å²) in [7, 11) is 0. The SMILES string of the molecule is CCOc1ccc(C2=CCC(Cl)C(=O)N2CC)c(Br)c1. The van der Waals surface area contributed by atoms with E-state index in [1.165, 1.54) is 0 Å². The summed E-state index contributed by atoms with van der Waals surface area (Å²) in [5.41, 5.74) is 1.89. The Hall–Kier alpha value is -1.00. The molecular weight excluding hydrogens is 342 g/mol. The summed E-state index contributed by atoms with van der Waals surface area (Å²) in [5.74, 6) is 0.775. The molecule has 1 aliphatic rings. The fourth-order valence-corrected chi connectivity index (χ4v) is 3.02. The second kappa shape index (κ2) is 6.64. The van der Waals surface area contributed by atoms with Gasteiger partial charge in [-0.2, -0.15) is 0 Å². The summed E-state index contributed by atoms with van der Waals surface area (Å²) in [5, 5.41) is -0.458. The summed E-state index contributed by atoms with van der Waals surface area (Å²) in [4.78, 5) is 13.9. The van der Waals surface area contributed by atoms with Gasteiger partial charge in [-0.1, -0.05) is 6.08 Å². The second-order valence-electron chi connectivity index (χ2n) is 4.45. The highest BCUT2D eigenvalue weighted by Crippen LogP contribution is 2.34. The van der Waals surface area contributed by atoms with Crippen LogP contribution < -0.4 is 4.74 Å². The Balaban J connectivity index is 2.37. The first-order valence-corrected chi connectivity index (χ1v) is 7.89. The summed E-state index contributed by atoms with van der Waals surface area (Å²) >= 11 is 9.58. The van der Waals surface area contributed by atoms with Crippen molar-refractivity contribution in [1.29, 1.82) is 0 Å². The van der Waals surface area contributed by atoms with Gasteiger partial charge in [-0.25, -0.2) is 0 Å². The minimum Gasteiger partial charge on any atom is -0.494 e. The predicted molar refractivity (Wildman–Crippen MR) is 84.9 cm³/mol. The van der Waals surface area contributed by atoms with Gasteiger partial charge in [0.1, 0.15) is 11.1 Å². The van der Waals surface area contributed by atoms with Gasteiger partial charge >= 0.3 is 0 Å². The number of carbonyl (C=O) groups is 1. The van der Waals surface area contributed by atoms with E-state index in [1.807, 2.05) is 38.1 Å². The van der Waals surface area contributed by atoms with E-state index in [4.69, 9.17) is 16.3 Å². The molecular formula is C15H17BrClNO2. The summed E-state index contributed by atoms with van der Waals surface area (Å²) in [6.07, 6.45) is 2.58. The van der Waals surface area contributed by atoms with Gasteiger partial charge < -0.3 is 9.64 Å². The number of hydrogen-bond acceptors (Lipinski definition) is 2. The molecule has 0 fully saturated rings. The average Bonchev–Trinajstić information content (AvgIpc) is 2.43. The average molecular weight is 359 g/mol. The Morgan fingerprint density at radius 3 is 2.80 bits per heavy atom. The van der Waals surface area contributed by atoms with Gasteiger partial charge in [0.25, 0.3) is 0 Å². The topological polar surface area (TPSA) is 29.5 Å². The molecule has 0 spiro atoms. The molecule has 0 saturated carbocycles. The van der Waals surface area contributed by atoms with Crippen molar-refractivity contribution in [2.24, 2.45) is 0 Å². The summed E-state index contributed by atoms with van der Waals surface area (Å²) in [6, 6.07) is 5.80.